The van der Waals surface area contributed by atoms with Crippen molar-refractivity contribution in [3.8, 4) is 0 Å². The monoisotopic (exact) mass is 487 g/mol. The predicted octanol–water partition coefficient (Wildman–Crippen LogP) is 6.22. The summed E-state index contributed by atoms with van der Waals surface area (Å²) >= 11 is 0. The minimum atomic E-state index is -2.17. The molecular weight excluding hydrogens is 448 g/mol. The van der Waals surface area contributed by atoms with Crippen LogP contribution in [0.1, 0.15) is 68.6 Å². The average Bonchev–Trinajstić information content (AvgIpc) is 3.21. The second kappa shape index (κ2) is 12.5. The number of halogens is 2. The molecule has 192 valence electrons. The molecule has 0 radical (unpaired) electrons. The number of aromatic amines is 1. The first kappa shape index (κ1) is 28.1. The normalized spacial score (nSPS) is 14.2. The Morgan fingerprint density at radius 1 is 1.20 bits per heavy atom. The van der Waals surface area contributed by atoms with Gasteiger partial charge in [-0.1, -0.05) is 63.8 Å². The Labute approximate surface area is 207 Å². The smallest absolute Gasteiger partial charge is 0.271 e. The molecule has 6 nitrogen and oxygen atoms in total. The van der Waals surface area contributed by atoms with E-state index in [-0.39, 0.29) is 17.4 Å². The molecule has 1 aromatic carbocycles. The topological polar surface area (TPSA) is 73.0 Å². The number of amides is 1. The molecular formula is C27H39F2N5O. The van der Waals surface area contributed by atoms with E-state index in [0.717, 1.165) is 50.5 Å². The second-order valence-corrected chi connectivity index (χ2v) is 10.2. The summed E-state index contributed by atoms with van der Waals surface area (Å²) in [6.45, 7) is 19.8. The number of piperidine rings is 1. The van der Waals surface area contributed by atoms with Crippen LogP contribution in [-0.2, 0) is 0 Å². The molecule has 0 bridgehead atoms. The molecule has 1 fully saturated rings. The number of rotatable bonds is 7. The van der Waals surface area contributed by atoms with Gasteiger partial charge in [0.25, 0.3) is 5.91 Å². The van der Waals surface area contributed by atoms with E-state index in [1.54, 1.807) is 6.20 Å². The van der Waals surface area contributed by atoms with Gasteiger partial charge in [0, 0.05) is 30.5 Å². The van der Waals surface area contributed by atoms with E-state index in [9.17, 15) is 13.6 Å². The van der Waals surface area contributed by atoms with Gasteiger partial charge in [0.2, 0.25) is 6.43 Å². The number of aromatic nitrogens is 2. The Balaban J connectivity index is 0.00000100. The first-order valence-corrected chi connectivity index (χ1v) is 11.9. The number of nitrogens with zero attached hydrogens (tertiary/aromatic N) is 2. The maximum absolute atomic E-state index is 12.9. The number of anilines is 1. The summed E-state index contributed by atoms with van der Waals surface area (Å²) in [7, 11) is 0. The number of carbonyl (C=O) groups excluding carboxylic acids is 1. The zero-order valence-corrected chi connectivity index (χ0v) is 21.5. The Morgan fingerprint density at radius 3 is 2.31 bits per heavy atom. The van der Waals surface area contributed by atoms with Gasteiger partial charge in [-0.3, -0.25) is 9.89 Å². The van der Waals surface area contributed by atoms with Crippen LogP contribution in [0.5, 0.6) is 0 Å². The van der Waals surface area contributed by atoms with Crippen molar-refractivity contribution in [3.63, 3.8) is 0 Å². The molecule has 35 heavy (non-hydrogen) atoms. The molecule has 2 heterocycles. The molecule has 8 heteroatoms. The van der Waals surface area contributed by atoms with Crippen molar-refractivity contribution in [1.82, 2.24) is 20.4 Å². The Bertz CT molecular complexity index is 981. The maximum Gasteiger partial charge on any atom is 0.271 e. The van der Waals surface area contributed by atoms with E-state index >= 15 is 0 Å². The van der Waals surface area contributed by atoms with Crippen molar-refractivity contribution in [1.29, 1.82) is 0 Å². The summed E-state index contributed by atoms with van der Waals surface area (Å²) in [5, 5.41) is 13.3. The average molecular weight is 488 g/mol. The predicted molar refractivity (Wildman–Crippen MR) is 139 cm³/mol. The third-order valence-electron chi connectivity index (χ3n) is 5.56. The highest BCUT2D eigenvalue weighted by atomic mass is 19.3. The zero-order valence-electron chi connectivity index (χ0n) is 21.5. The van der Waals surface area contributed by atoms with Crippen molar-refractivity contribution in [2.75, 3.05) is 18.4 Å². The fraction of sp³-hybridized carbons (Fsp3) is 0.481. The van der Waals surface area contributed by atoms with E-state index < -0.39 is 6.43 Å². The summed E-state index contributed by atoms with van der Waals surface area (Å²) in [5.41, 5.74) is 5.35. The number of benzene rings is 1. The van der Waals surface area contributed by atoms with Crippen molar-refractivity contribution in [2.45, 2.75) is 66.3 Å². The van der Waals surface area contributed by atoms with E-state index in [1.165, 1.54) is 11.3 Å². The van der Waals surface area contributed by atoms with Gasteiger partial charge in [0.05, 0.1) is 11.9 Å². The molecule has 0 saturated carbocycles. The lowest BCUT2D eigenvalue weighted by Crippen LogP contribution is -2.44. The van der Waals surface area contributed by atoms with Gasteiger partial charge in [-0.2, -0.15) is 5.10 Å². The fourth-order valence-electron chi connectivity index (χ4n) is 3.87. The van der Waals surface area contributed by atoms with Gasteiger partial charge < -0.3 is 15.5 Å². The molecule has 3 rings (SSSR count). The maximum atomic E-state index is 12.9. The highest BCUT2D eigenvalue weighted by Gasteiger charge is 2.25. The van der Waals surface area contributed by atoms with Crippen LogP contribution in [0.2, 0.25) is 0 Å². The first-order chi connectivity index (χ1) is 16.4. The highest BCUT2D eigenvalue weighted by molar-refractivity contribution is 5.99. The van der Waals surface area contributed by atoms with Crippen LogP contribution < -0.4 is 10.6 Å². The number of hydrogen-bond donors (Lipinski definition) is 3. The van der Waals surface area contributed by atoms with Crippen LogP contribution in [0, 0.1) is 12.3 Å². The summed E-state index contributed by atoms with van der Waals surface area (Å²) in [5.74, 6) is -0.149. The molecule has 1 saturated heterocycles. The van der Waals surface area contributed by atoms with E-state index in [4.69, 9.17) is 0 Å². The van der Waals surface area contributed by atoms with E-state index in [2.05, 4.69) is 59.7 Å². The van der Waals surface area contributed by atoms with Gasteiger partial charge in [-0.05, 0) is 44.1 Å². The van der Waals surface area contributed by atoms with Crippen LogP contribution in [0.25, 0.3) is 5.70 Å². The summed E-state index contributed by atoms with van der Waals surface area (Å²) in [6.07, 6.45) is 2.25. The number of allylic oxidation sites excluding steroid dienone is 1. The Hall–Kier alpha value is -3.16. The molecule has 0 spiro atoms. The number of aryl methyl sites for hydroxylation is 1. The van der Waals surface area contributed by atoms with Crippen LogP contribution in [-0.4, -0.2) is 46.6 Å². The quantitative estimate of drug-likeness (QED) is 0.434. The van der Waals surface area contributed by atoms with Crippen molar-refractivity contribution in [3.05, 3.63) is 66.1 Å². The molecule has 2 aromatic rings. The van der Waals surface area contributed by atoms with Gasteiger partial charge in [-0.25, -0.2) is 8.78 Å². The third-order valence-corrected chi connectivity index (χ3v) is 5.56. The molecule has 1 aliphatic heterocycles. The fourth-order valence-corrected chi connectivity index (χ4v) is 3.87. The van der Waals surface area contributed by atoms with E-state index in [0.29, 0.717) is 11.4 Å². The second-order valence-electron chi connectivity index (χ2n) is 10.2. The number of H-pyrrole nitrogens is 1. The van der Waals surface area contributed by atoms with Crippen LogP contribution in [0.4, 0.5) is 14.5 Å². The number of nitrogens with one attached hydrogen (secondary N) is 3. The van der Waals surface area contributed by atoms with Crippen molar-refractivity contribution < 1.29 is 13.6 Å². The first-order valence-electron chi connectivity index (χ1n) is 11.9. The van der Waals surface area contributed by atoms with Crippen LogP contribution in [0.3, 0.4) is 0 Å². The lowest BCUT2D eigenvalue weighted by Gasteiger charge is -2.37. The number of carbonyl (C=O) groups is 1. The minimum absolute atomic E-state index is 0.141. The van der Waals surface area contributed by atoms with Gasteiger partial charge in [0.1, 0.15) is 5.69 Å². The van der Waals surface area contributed by atoms with Crippen molar-refractivity contribution in [2.24, 2.45) is 5.41 Å². The molecule has 0 aliphatic carbocycles. The SMILES string of the molecule is C=C(Nc1cn[nH]c1C(=O)NC1CCN(C(=C)CC(C)(C)C)CC1)c1ccc(C)cc1.CC(F)F. The lowest BCUT2D eigenvalue weighted by atomic mass is 9.90. The summed E-state index contributed by atoms with van der Waals surface area (Å²) < 4.78 is 20.7. The van der Waals surface area contributed by atoms with E-state index in [1.807, 2.05) is 31.2 Å². The number of alkyl halides is 2. The van der Waals surface area contributed by atoms with Crippen LogP contribution >= 0.6 is 0 Å². The molecule has 1 amide bonds. The van der Waals surface area contributed by atoms with Gasteiger partial charge in [-0.15, -0.1) is 0 Å². The minimum Gasteiger partial charge on any atom is -0.375 e. The summed E-state index contributed by atoms with van der Waals surface area (Å²) in [4.78, 5) is 15.2. The Kier molecular flexibility index (Phi) is 10.0. The Morgan fingerprint density at radius 2 is 1.77 bits per heavy atom. The molecule has 0 atom stereocenters. The van der Waals surface area contributed by atoms with Gasteiger partial charge in [0.15, 0.2) is 0 Å². The molecule has 3 N–H and O–H groups in total. The molecule has 1 aromatic heterocycles. The standard InChI is InChI=1S/C25H35N5O.C2H4F2/c1-17-7-9-20(10-8-17)19(3)27-22-16-26-29-23(22)24(31)28-21-11-13-30(14-12-21)18(2)15-25(4,5)6;1-2(3)4/h7-10,16,21,27H,2-3,11-15H2,1,4-6H3,(H,26,29)(H,28,31);2H,1H3. The zero-order chi connectivity index (χ0) is 26.2. The third kappa shape index (κ3) is 9.54. The summed E-state index contributed by atoms with van der Waals surface area (Å²) in [6, 6.07) is 8.22. The highest BCUT2D eigenvalue weighted by Crippen LogP contribution is 2.27. The molecule has 0 unspecified atom stereocenters. The van der Waals surface area contributed by atoms with Crippen molar-refractivity contribution >= 4 is 17.3 Å². The number of likely N-dealkylation sites (tertiary alicyclic amines) is 1. The molecule has 1 aliphatic rings. The number of hydrogen-bond acceptors (Lipinski definition) is 4. The largest absolute Gasteiger partial charge is 0.375 e. The lowest BCUT2D eigenvalue weighted by molar-refractivity contribution is 0.0912. The van der Waals surface area contributed by atoms with Crippen LogP contribution in [0.15, 0.2) is 49.3 Å². The van der Waals surface area contributed by atoms with Gasteiger partial charge >= 0.3 is 0 Å².